The highest BCUT2D eigenvalue weighted by atomic mass is 35.5. The molecule has 1 heterocycles. The zero-order chi connectivity index (χ0) is 16.9. The minimum Gasteiger partial charge on any atom is -0.370 e. The number of rotatable bonds is 2. The number of morpholine rings is 1. The van der Waals surface area contributed by atoms with Crippen molar-refractivity contribution in [2.45, 2.75) is 6.10 Å². The summed E-state index contributed by atoms with van der Waals surface area (Å²) in [5.74, 6) is 2.56. The summed E-state index contributed by atoms with van der Waals surface area (Å²) in [6.07, 6.45) is 5.23. The molecule has 1 fully saturated rings. The van der Waals surface area contributed by atoms with E-state index in [0.717, 1.165) is 11.1 Å². The first-order valence-electron chi connectivity index (χ1n) is 7.65. The van der Waals surface area contributed by atoms with Crippen LogP contribution in [-0.4, -0.2) is 30.6 Å². The molecule has 2 aromatic rings. The van der Waals surface area contributed by atoms with Gasteiger partial charge in [0.15, 0.2) is 0 Å². The summed E-state index contributed by atoms with van der Waals surface area (Å²) in [6.45, 7) is 1.53. The van der Waals surface area contributed by atoms with E-state index in [1.807, 2.05) is 42.5 Å². The summed E-state index contributed by atoms with van der Waals surface area (Å²) >= 11 is 5.92. The smallest absolute Gasteiger partial charge is 0.322 e. The Labute approximate surface area is 146 Å². The Kier molecular flexibility index (Phi) is 5.05. The standard InChI is InChI=1S/C19H17ClN2O2/c1-2-14-4-3-5-17(12-14)21-19(23)22-10-11-24-18(13-22)15-6-8-16(20)9-7-15/h1,3-9,12,18H,10-11,13H2,(H,21,23). The number of ether oxygens (including phenoxy) is 1. The van der Waals surface area contributed by atoms with Gasteiger partial charge in [0.2, 0.25) is 0 Å². The second-order valence-electron chi connectivity index (χ2n) is 5.51. The van der Waals surface area contributed by atoms with Crippen molar-refractivity contribution < 1.29 is 9.53 Å². The Hall–Kier alpha value is -2.48. The van der Waals surface area contributed by atoms with Crippen LogP contribution in [0.2, 0.25) is 5.02 Å². The van der Waals surface area contributed by atoms with E-state index in [0.29, 0.717) is 30.4 Å². The van der Waals surface area contributed by atoms with Crippen LogP contribution in [0.1, 0.15) is 17.2 Å². The van der Waals surface area contributed by atoms with Crippen LogP contribution in [0, 0.1) is 12.3 Å². The van der Waals surface area contributed by atoms with E-state index in [1.54, 1.807) is 11.0 Å². The summed E-state index contributed by atoms with van der Waals surface area (Å²) in [7, 11) is 0. The maximum atomic E-state index is 12.5. The molecule has 24 heavy (non-hydrogen) atoms. The van der Waals surface area contributed by atoms with Gasteiger partial charge in [-0.3, -0.25) is 0 Å². The summed E-state index contributed by atoms with van der Waals surface area (Å²) in [5, 5.41) is 3.56. The van der Waals surface area contributed by atoms with Crippen LogP contribution >= 0.6 is 11.6 Å². The number of hydrogen-bond donors (Lipinski definition) is 1. The van der Waals surface area contributed by atoms with Gasteiger partial charge in [0.25, 0.3) is 0 Å². The van der Waals surface area contributed by atoms with E-state index in [2.05, 4.69) is 11.2 Å². The van der Waals surface area contributed by atoms with Gasteiger partial charge in [-0.15, -0.1) is 6.42 Å². The lowest BCUT2D eigenvalue weighted by molar-refractivity contribution is -0.0135. The molecule has 2 amide bonds. The predicted octanol–water partition coefficient (Wildman–Crippen LogP) is 3.93. The molecule has 1 saturated heterocycles. The number of halogens is 1. The molecule has 2 aromatic carbocycles. The summed E-state index contributed by atoms with van der Waals surface area (Å²) < 4.78 is 5.78. The Morgan fingerprint density at radius 1 is 1.29 bits per heavy atom. The molecule has 1 N–H and O–H groups in total. The Morgan fingerprint density at radius 2 is 2.08 bits per heavy atom. The molecule has 0 bridgehead atoms. The normalized spacial score (nSPS) is 17.2. The van der Waals surface area contributed by atoms with E-state index in [1.165, 1.54) is 0 Å². The number of amides is 2. The van der Waals surface area contributed by atoms with Crippen molar-refractivity contribution in [3.8, 4) is 12.3 Å². The Balaban J connectivity index is 1.66. The molecule has 3 rings (SSSR count). The molecule has 0 aliphatic carbocycles. The topological polar surface area (TPSA) is 41.6 Å². The van der Waals surface area contributed by atoms with Gasteiger partial charge in [-0.05, 0) is 35.9 Å². The van der Waals surface area contributed by atoms with Gasteiger partial charge in [-0.2, -0.15) is 0 Å². The van der Waals surface area contributed by atoms with Crippen LogP contribution in [0.5, 0.6) is 0 Å². The molecule has 4 nitrogen and oxygen atoms in total. The minimum atomic E-state index is -0.161. The molecular weight excluding hydrogens is 324 g/mol. The first-order valence-corrected chi connectivity index (χ1v) is 8.03. The zero-order valence-electron chi connectivity index (χ0n) is 13.0. The molecule has 0 saturated carbocycles. The quantitative estimate of drug-likeness (QED) is 0.842. The summed E-state index contributed by atoms with van der Waals surface area (Å²) in [6, 6.07) is 14.6. The summed E-state index contributed by atoms with van der Waals surface area (Å²) in [4.78, 5) is 14.2. The van der Waals surface area contributed by atoms with Gasteiger partial charge in [-0.1, -0.05) is 35.7 Å². The van der Waals surface area contributed by atoms with Crippen LogP contribution in [0.3, 0.4) is 0 Å². The maximum absolute atomic E-state index is 12.5. The third-order valence-electron chi connectivity index (χ3n) is 3.88. The molecule has 0 spiro atoms. The van der Waals surface area contributed by atoms with Crippen molar-refractivity contribution in [1.82, 2.24) is 4.90 Å². The number of anilines is 1. The van der Waals surface area contributed by atoms with Gasteiger partial charge in [0.05, 0.1) is 13.2 Å². The average Bonchev–Trinajstić information content (AvgIpc) is 2.62. The number of carbonyl (C=O) groups is 1. The molecule has 0 aromatic heterocycles. The van der Waals surface area contributed by atoms with Crippen molar-refractivity contribution in [3.63, 3.8) is 0 Å². The lowest BCUT2D eigenvalue weighted by Gasteiger charge is -2.33. The summed E-state index contributed by atoms with van der Waals surface area (Å²) in [5.41, 5.74) is 2.42. The van der Waals surface area contributed by atoms with Crippen molar-refractivity contribution in [3.05, 3.63) is 64.7 Å². The van der Waals surface area contributed by atoms with Crippen LogP contribution < -0.4 is 5.32 Å². The van der Waals surface area contributed by atoms with Gasteiger partial charge < -0.3 is 15.0 Å². The number of urea groups is 1. The molecule has 1 unspecified atom stereocenters. The second kappa shape index (κ2) is 7.39. The van der Waals surface area contributed by atoms with Crippen molar-refractivity contribution in [2.24, 2.45) is 0 Å². The van der Waals surface area contributed by atoms with Gasteiger partial charge in [0.1, 0.15) is 6.10 Å². The Bertz CT molecular complexity index is 768. The highest BCUT2D eigenvalue weighted by Crippen LogP contribution is 2.24. The fraction of sp³-hybridized carbons (Fsp3) is 0.211. The first-order chi connectivity index (χ1) is 11.7. The Morgan fingerprint density at radius 3 is 2.83 bits per heavy atom. The number of carbonyl (C=O) groups excluding carboxylic acids is 1. The van der Waals surface area contributed by atoms with Crippen LogP contribution in [0.25, 0.3) is 0 Å². The highest BCUT2D eigenvalue weighted by Gasteiger charge is 2.25. The lowest BCUT2D eigenvalue weighted by Crippen LogP contribution is -2.44. The minimum absolute atomic E-state index is 0.154. The molecule has 1 atom stereocenters. The number of nitrogens with one attached hydrogen (secondary N) is 1. The van der Waals surface area contributed by atoms with Crippen LogP contribution in [-0.2, 0) is 4.74 Å². The lowest BCUT2D eigenvalue weighted by atomic mass is 10.1. The monoisotopic (exact) mass is 340 g/mol. The molecule has 0 radical (unpaired) electrons. The van der Waals surface area contributed by atoms with Crippen LogP contribution in [0.4, 0.5) is 10.5 Å². The number of hydrogen-bond acceptors (Lipinski definition) is 2. The van der Waals surface area contributed by atoms with E-state index in [9.17, 15) is 4.79 Å². The van der Waals surface area contributed by atoms with E-state index in [-0.39, 0.29) is 12.1 Å². The zero-order valence-corrected chi connectivity index (χ0v) is 13.8. The SMILES string of the molecule is C#Cc1cccc(NC(=O)N2CCOC(c3ccc(Cl)cc3)C2)c1. The second-order valence-corrected chi connectivity index (χ2v) is 5.95. The van der Waals surface area contributed by atoms with Crippen LogP contribution in [0.15, 0.2) is 48.5 Å². The van der Waals surface area contributed by atoms with Crippen molar-refractivity contribution in [2.75, 3.05) is 25.0 Å². The average molecular weight is 341 g/mol. The fourth-order valence-electron chi connectivity index (χ4n) is 2.60. The molecular formula is C19H17ClN2O2. The van der Waals surface area contributed by atoms with E-state index < -0.39 is 0 Å². The van der Waals surface area contributed by atoms with Gasteiger partial charge in [-0.25, -0.2) is 4.79 Å². The third kappa shape index (κ3) is 3.88. The van der Waals surface area contributed by atoms with Crippen molar-refractivity contribution in [1.29, 1.82) is 0 Å². The molecule has 122 valence electrons. The number of benzene rings is 2. The van der Waals surface area contributed by atoms with E-state index in [4.69, 9.17) is 22.8 Å². The van der Waals surface area contributed by atoms with E-state index >= 15 is 0 Å². The fourth-order valence-corrected chi connectivity index (χ4v) is 2.73. The van der Waals surface area contributed by atoms with Crippen molar-refractivity contribution >= 4 is 23.3 Å². The largest absolute Gasteiger partial charge is 0.370 e. The maximum Gasteiger partial charge on any atom is 0.322 e. The number of nitrogens with zero attached hydrogens (tertiary/aromatic N) is 1. The van der Waals surface area contributed by atoms with Gasteiger partial charge in [0, 0.05) is 22.8 Å². The predicted molar refractivity (Wildman–Crippen MR) is 95.1 cm³/mol. The first kappa shape index (κ1) is 16.4. The number of terminal acetylenes is 1. The van der Waals surface area contributed by atoms with Gasteiger partial charge >= 0.3 is 6.03 Å². The molecule has 1 aliphatic rings. The highest BCUT2D eigenvalue weighted by molar-refractivity contribution is 6.30. The molecule has 1 aliphatic heterocycles. The molecule has 5 heteroatoms. The third-order valence-corrected chi connectivity index (χ3v) is 4.13.